The van der Waals surface area contributed by atoms with E-state index in [0.717, 1.165) is 24.2 Å². The van der Waals surface area contributed by atoms with Crippen molar-refractivity contribution in [3.63, 3.8) is 0 Å². The van der Waals surface area contributed by atoms with E-state index in [0.29, 0.717) is 24.8 Å². The number of carbonyl (C=O) groups is 1. The standard InChI is InChI=1S/C17H21N3O3/c1-12-4-3-5-15(10-12)22-11-16(21)20-8-6-14(7-9-20)17-18-13(2)19-23-17/h3-5,10,14H,6-9,11H2,1-2H3. The Morgan fingerprint density at radius 1 is 1.35 bits per heavy atom. The molecule has 0 saturated carbocycles. The summed E-state index contributed by atoms with van der Waals surface area (Å²) in [5.41, 5.74) is 1.12. The monoisotopic (exact) mass is 315 g/mol. The molecule has 6 nitrogen and oxygen atoms in total. The number of ether oxygens (including phenoxy) is 1. The molecular formula is C17H21N3O3. The van der Waals surface area contributed by atoms with Crippen LogP contribution in [0, 0.1) is 13.8 Å². The summed E-state index contributed by atoms with van der Waals surface area (Å²) in [7, 11) is 0. The quantitative estimate of drug-likeness (QED) is 0.867. The van der Waals surface area contributed by atoms with Gasteiger partial charge in [-0.3, -0.25) is 4.79 Å². The van der Waals surface area contributed by atoms with Crippen molar-refractivity contribution in [3.8, 4) is 5.75 Å². The molecule has 0 N–H and O–H groups in total. The summed E-state index contributed by atoms with van der Waals surface area (Å²) in [5.74, 6) is 2.34. The van der Waals surface area contributed by atoms with Gasteiger partial charge in [-0.2, -0.15) is 4.98 Å². The molecule has 2 aromatic rings. The molecule has 23 heavy (non-hydrogen) atoms. The van der Waals surface area contributed by atoms with Crippen LogP contribution in [0.5, 0.6) is 5.75 Å². The highest BCUT2D eigenvalue weighted by atomic mass is 16.5. The Morgan fingerprint density at radius 2 is 2.13 bits per heavy atom. The maximum Gasteiger partial charge on any atom is 0.260 e. The molecule has 1 saturated heterocycles. The Balaban J connectivity index is 1.48. The van der Waals surface area contributed by atoms with Crippen molar-refractivity contribution in [1.82, 2.24) is 15.0 Å². The molecule has 0 aliphatic carbocycles. The van der Waals surface area contributed by atoms with Gasteiger partial charge in [0.15, 0.2) is 12.4 Å². The largest absolute Gasteiger partial charge is 0.484 e. The van der Waals surface area contributed by atoms with Gasteiger partial charge in [-0.15, -0.1) is 0 Å². The van der Waals surface area contributed by atoms with Gasteiger partial charge in [-0.05, 0) is 44.4 Å². The molecule has 1 aromatic heterocycles. The molecule has 0 spiro atoms. The van der Waals surface area contributed by atoms with Crippen molar-refractivity contribution < 1.29 is 14.1 Å². The first kappa shape index (κ1) is 15.5. The third kappa shape index (κ3) is 3.88. The minimum absolute atomic E-state index is 0.0201. The lowest BCUT2D eigenvalue weighted by molar-refractivity contribution is -0.134. The summed E-state index contributed by atoms with van der Waals surface area (Å²) in [6.45, 7) is 5.28. The molecule has 122 valence electrons. The van der Waals surface area contributed by atoms with E-state index in [1.54, 1.807) is 0 Å². The van der Waals surface area contributed by atoms with Crippen LogP contribution in [0.1, 0.15) is 36.0 Å². The second-order valence-electron chi connectivity index (χ2n) is 5.94. The lowest BCUT2D eigenvalue weighted by atomic mass is 9.97. The van der Waals surface area contributed by atoms with Gasteiger partial charge >= 0.3 is 0 Å². The maximum absolute atomic E-state index is 12.3. The Bertz CT molecular complexity index is 675. The normalized spacial score (nSPS) is 15.7. The number of rotatable bonds is 4. The van der Waals surface area contributed by atoms with Crippen LogP contribution < -0.4 is 4.74 Å². The first-order valence-corrected chi connectivity index (χ1v) is 7.89. The van der Waals surface area contributed by atoms with Crippen molar-refractivity contribution in [1.29, 1.82) is 0 Å². The van der Waals surface area contributed by atoms with Crippen molar-refractivity contribution in [2.45, 2.75) is 32.6 Å². The lowest BCUT2D eigenvalue weighted by Crippen LogP contribution is -2.40. The van der Waals surface area contributed by atoms with Gasteiger partial charge in [0.25, 0.3) is 5.91 Å². The van der Waals surface area contributed by atoms with Crippen LogP contribution in [0.4, 0.5) is 0 Å². The number of likely N-dealkylation sites (tertiary alicyclic amines) is 1. The SMILES string of the molecule is Cc1cccc(OCC(=O)N2CCC(c3nc(C)no3)CC2)c1. The van der Waals surface area contributed by atoms with Crippen molar-refractivity contribution in [3.05, 3.63) is 41.5 Å². The Morgan fingerprint density at radius 3 is 2.78 bits per heavy atom. The second-order valence-corrected chi connectivity index (χ2v) is 5.94. The molecule has 1 aliphatic rings. The molecule has 2 heterocycles. The first-order chi connectivity index (χ1) is 11.1. The zero-order valence-electron chi connectivity index (χ0n) is 13.5. The second kappa shape index (κ2) is 6.81. The van der Waals surface area contributed by atoms with E-state index in [-0.39, 0.29) is 18.4 Å². The van der Waals surface area contributed by atoms with E-state index in [4.69, 9.17) is 9.26 Å². The third-order valence-electron chi connectivity index (χ3n) is 4.09. The summed E-state index contributed by atoms with van der Waals surface area (Å²) in [6, 6.07) is 7.72. The molecule has 1 aromatic carbocycles. The summed E-state index contributed by atoms with van der Waals surface area (Å²) in [4.78, 5) is 18.4. The maximum atomic E-state index is 12.3. The number of nitrogens with zero attached hydrogens (tertiary/aromatic N) is 3. The minimum atomic E-state index is 0.0201. The number of hydrogen-bond acceptors (Lipinski definition) is 5. The van der Waals surface area contributed by atoms with E-state index >= 15 is 0 Å². The molecule has 0 unspecified atom stereocenters. The zero-order chi connectivity index (χ0) is 16.2. The van der Waals surface area contributed by atoms with Gasteiger partial charge in [0, 0.05) is 19.0 Å². The van der Waals surface area contributed by atoms with Crippen LogP contribution in [0.25, 0.3) is 0 Å². The fourth-order valence-electron chi connectivity index (χ4n) is 2.80. The van der Waals surface area contributed by atoms with E-state index in [1.165, 1.54) is 0 Å². The molecule has 1 fully saturated rings. The highest BCUT2D eigenvalue weighted by Gasteiger charge is 2.27. The van der Waals surface area contributed by atoms with E-state index in [2.05, 4.69) is 10.1 Å². The fourth-order valence-corrected chi connectivity index (χ4v) is 2.80. The molecule has 3 rings (SSSR count). The molecule has 1 aliphatic heterocycles. The number of amides is 1. The average Bonchev–Trinajstić information content (AvgIpc) is 2.99. The minimum Gasteiger partial charge on any atom is -0.484 e. The van der Waals surface area contributed by atoms with E-state index < -0.39 is 0 Å². The van der Waals surface area contributed by atoms with Gasteiger partial charge in [0.1, 0.15) is 5.75 Å². The lowest BCUT2D eigenvalue weighted by Gasteiger charge is -2.30. The summed E-state index contributed by atoms with van der Waals surface area (Å²) in [6.07, 6.45) is 1.69. The van der Waals surface area contributed by atoms with E-state index in [9.17, 15) is 4.79 Å². The Kier molecular flexibility index (Phi) is 4.60. The van der Waals surface area contributed by atoms with Crippen LogP contribution in [0.2, 0.25) is 0 Å². The van der Waals surface area contributed by atoms with E-state index in [1.807, 2.05) is 43.0 Å². The van der Waals surface area contributed by atoms with Crippen molar-refractivity contribution in [2.24, 2.45) is 0 Å². The number of aryl methyl sites for hydroxylation is 2. The summed E-state index contributed by atoms with van der Waals surface area (Å²) >= 11 is 0. The highest BCUT2D eigenvalue weighted by Crippen LogP contribution is 2.26. The molecule has 1 amide bonds. The zero-order valence-corrected chi connectivity index (χ0v) is 13.5. The van der Waals surface area contributed by atoms with Crippen LogP contribution in [-0.4, -0.2) is 40.6 Å². The molecular weight excluding hydrogens is 294 g/mol. The smallest absolute Gasteiger partial charge is 0.260 e. The number of benzene rings is 1. The predicted octanol–water partition coefficient (Wildman–Crippen LogP) is 2.47. The first-order valence-electron chi connectivity index (χ1n) is 7.89. The van der Waals surface area contributed by atoms with Crippen LogP contribution in [0.15, 0.2) is 28.8 Å². The van der Waals surface area contributed by atoms with Gasteiger partial charge in [0.2, 0.25) is 5.89 Å². The number of aromatic nitrogens is 2. The van der Waals surface area contributed by atoms with Gasteiger partial charge in [0.05, 0.1) is 0 Å². The number of piperidine rings is 1. The summed E-state index contributed by atoms with van der Waals surface area (Å²) in [5, 5.41) is 3.83. The van der Waals surface area contributed by atoms with Crippen LogP contribution in [0.3, 0.4) is 0 Å². The molecule has 0 bridgehead atoms. The van der Waals surface area contributed by atoms with Crippen molar-refractivity contribution in [2.75, 3.05) is 19.7 Å². The Hall–Kier alpha value is -2.37. The fraction of sp³-hybridized carbons (Fsp3) is 0.471. The summed E-state index contributed by atoms with van der Waals surface area (Å²) < 4.78 is 10.8. The predicted molar refractivity (Wildman–Crippen MR) is 84.3 cm³/mol. The third-order valence-corrected chi connectivity index (χ3v) is 4.09. The van der Waals surface area contributed by atoms with Crippen LogP contribution >= 0.6 is 0 Å². The highest BCUT2D eigenvalue weighted by molar-refractivity contribution is 5.77. The Labute approximate surface area is 135 Å². The average molecular weight is 315 g/mol. The van der Waals surface area contributed by atoms with Gasteiger partial charge in [-0.25, -0.2) is 0 Å². The molecule has 6 heteroatoms. The van der Waals surface area contributed by atoms with Crippen molar-refractivity contribution >= 4 is 5.91 Å². The van der Waals surface area contributed by atoms with Gasteiger partial charge in [-0.1, -0.05) is 17.3 Å². The molecule has 0 atom stereocenters. The molecule has 0 radical (unpaired) electrons. The number of hydrogen-bond donors (Lipinski definition) is 0. The number of carbonyl (C=O) groups excluding carboxylic acids is 1. The van der Waals surface area contributed by atoms with Crippen LogP contribution in [-0.2, 0) is 4.79 Å². The topological polar surface area (TPSA) is 68.5 Å². The van der Waals surface area contributed by atoms with Gasteiger partial charge < -0.3 is 14.2 Å².